The van der Waals surface area contributed by atoms with Crippen molar-refractivity contribution in [2.75, 3.05) is 37.6 Å². The molecule has 2 atom stereocenters. The quantitative estimate of drug-likeness (QED) is 0.449. The van der Waals surface area contributed by atoms with Gasteiger partial charge in [-0.25, -0.2) is 4.98 Å². The first-order valence-corrected chi connectivity index (χ1v) is 12.9. The van der Waals surface area contributed by atoms with E-state index in [4.69, 9.17) is 9.40 Å². The van der Waals surface area contributed by atoms with Gasteiger partial charge in [0.2, 0.25) is 11.8 Å². The SMILES string of the molecule is CCc1ccc(-c2nc(CC3CNCCC3C(=O)NCCN(CC)c3ccccc3)c(C)o2)cc1. The van der Waals surface area contributed by atoms with Gasteiger partial charge in [0.1, 0.15) is 5.76 Å². The summed E-state index contributed by atoms with van der Waals surface area (Å²) in [6.07, 6.45) is 2.59. The van der Waals surface area contributed by atoms with E-state index in [0.29, 0.717) is 12.4 Å². The summed E-state index contributed by atoms with van der Waals surface area (Å²) < 4.78 is 6.02. The molecule has 0 spiro atoms. The lowest BCUT2D eigenvalue weighted by Gasteiger charge is -2.31. The molecule has 0 radical (unpaired) electrons. The van der Waals surface area contributed by atoms with Crippen molar-refractivity contribution < 1.29 is 9.21 Å². The number of likely N-dealkylation sites (N-methyl/N-ethyl adjacent to an activating group) is 1. The van der Waals surface area contributed by atoms with Crippen LogP contribution in [-0.4, -0.2) is 43.6 Å². The predicted octanol–water partition coefficient (Wildman–Crippen LogP) is 4.62. The van der Waals surface area contributed by atoms with Crippen LogP contribution >= 0.6 is 0 Å². The Morgan fingerprint density at radius 3 is 2.63 bits per heavy atom. The number of carbonyl (C=O) groups excluding carboxylic acids is 1. The first kappa shape index (κ1) is 25.0. The summed E-state index contributed by atoms with van der Waals surface area (Å²) in [5.41, 5.74) is 4.43. The normalized spacial score (nSPS) is 17.8. The number of benzene rings is 2. The first-order valence-electron chi connectivity index (χ1n) is 12.9. The molecule has 1 aliphatic heterocycles. The van der Waals surface area contributed by atoms with Crippen LogP contribution in [-0.2, 0) is 17.6 Å². The monoisotopic (exact) mass is 474 g/mol. The minimum Gasteiger partial charge on any atom is -0.441 e. The molecule has 6 heteroatoms. The molecule has 2 aromatic carbocycles. The fourth-order valence-electron chi connectivity index (χ4n) is 4.91. The van der Waals surface area contributed by atoms with Crippen LogP contribution in [0.1, 0.15) is 37.3 Å². The summed E-state index contributed by atoms with van der Waals surface area (Å²) in [7, 11) is 0. The van der Waals surface area contributed by atoms with Gasteiger partial charge >= 0.3 is 0 Å². The second-order valence-electron chi connectivity index (χ2n) is 9.34. The third-order valence-corrected chi connectivity index (χ3v) is 7.09. The van der Waals surface area contributed by atoms with Gasteiger partial charge in [0.15, 0.2) is 0 Å². The number of carbonyl (C=O) groups is 1. The summed E-state index contributed by atoms with van der Waals surface area (Å²) in [5, 5.41) is 6.68. The lowest BCUT2D eigenvalue weighted by Crippen LogP contribution is -2.46. The van der Waals surface area contributed by atoms with Crippen molar-refractivity contribution in [1.82, 2.24) is 15.6 Å². The van der Waals surface area contributed by atoms with E-state index in [-0.39, 0.29) is 17.7 Å². The number of aromatic nitrogens is 1. The predicted molar refractivity (Wildman–Crippen MR) is 142 cm³/mol. The summed E-state index contributed by atoms with van der Waals surface area (Å²) in [6.45, 7) is 10.3. The second-order valence-corrected chi connectivity index (χ2v) is 9.34. The van der Waals surface area contributed by atoms with Crippen molar-refractivity contribution >= 4 is 11.6 Å². The maximum absolute atomic E-state index is 13.2. The lowest BCUT2D eigenvalue weighted by atomic mass is 9.82. The number of oxazole rings is 1. The van der Waals surface area contributed by atoms with Crippen LogP contribution in [0.25, 0.3) is 11.5 Å². The highest BCUT2D eigenvalue weighted by Crippen LogP contribution is 2.28. The van der Waals surface area contributed by atoms with Gasteiger partial charge in [-0.15, -0.1) is 0 Å². The molecule has 0 saturated carbocycles. The summed E-state index contributed by atoms with van der Waals surface area (Å²) >= 11 is 0. The minimum atomic E-state index is -0.0218. The zero-order valence-electron chi connectivity index (χ0n) is 21.2. The third-order valence-electron chi connectivity index (χ3n) is 7.09. The molecule has 0 bridgehead atoms. The number of nitrogens with zero attached hydrogens (tertiary/aromatic N) is 2. The smallest absolute Gasteiger partial charge is 0.226 e. The molecule has 6 nitrogen and oxygen atoms in total. The Bertz CT molecular complexity index is 1080. The summed E-state index contributed by atoms with van der Waals surface area (Å²) in [5.74, 6) is 1.82. The van der Waals surface area contributed by atoms with Gasteiger partial charge in [0.05, 0.1) is 5.69 Å². The van der Waals surface area contributed by atoms with Gasteiger partial charge < -0.3 is 20.0 Å². The molecule has 3 aromatic rings. The number of hydrogen-bond acceptors (Lipinski definition) is 5. The van der Waals surface area contributed by atoms with Gasteiger partial charge in [0.25, 0.3) is 0 Å². The second kappa shape index (κ2) is 12.0. The van der Waals surface area contributed by atoms with Crippen molar-refractivity contribution in [1.29, 1.82) is 0 Å². The fourth-order valence-corrected chi connectivity index (χ4v) is 4.91. The van der Waals surface area contributed by atoms with Crippen molar-refractivity contribution in [3.05, 3.63) is 71.6 Å². The maximum atomic E-state index is 13.2. The molecule has 35 heavy (non-hydrogen) atoms. The first-order chi connectivity index (χ1) is 17.1. The average Bonchev–Trinajstić information content (AvgIpc) is 3.27. The molecule has 1 saturated heterocycles. The van der Waals surface area contributed by atoms with Crippen LogP contribution in [0.2, 0.25) is 0 Å². The van der Waals surface area contributed by atoms with Crippen LogP contribution in [0.15, 0.2) is 59.0 Å². The molecule has 0 aliphatic carbocycles. The number of amides is 1. The van der Waals surface area contributed by atoms with E-state index in [1.165, 1.54) is 11.3 Å². The largest absolute Gasteiger partial charge is 0.441 e. The molecule has 186 valence electrons. The topological polar surface area (TPSA) is 70.4 Å². The molecular formula is C29H38N4O2. The number of anilines is 1. The average molecular weight is 475 g/mol. The zero-order chi connectivity index (χ0) is 24.6. The van der Waals surface area contributed by atoms with E-state index in [1.807, 2.05) is 25.1 Å². The number of aryl methyl sites for hydroxylation is 2. The number of nitrogens with one attached hydrogen (secondary N) is 2. The van der Waals surface area contributed by atoms with E-state index in [9.17, 15) is 4.79 Å². The summed E-state index contributed by atoms with van der Waals surface area (Å²) in [4.78, 5) is 20.3. The maximum Gasteiger partial charge on any atom is 0.226 e. The van der Waals surface area contributed by atoms with Crippen LogP contribution in [0.3, 0.4) is 0 Å². The van der Waals surface area contributed by atoms with Crippen molar-refractivity contribution in [2.45, 2.75) is 40.0 Å². The summed E-state index contributed by atoms with van der Waals surface area (Å²) in [6, 6.07) is 18.7. The van der Waals surface area contributed by atoms with E-state index < -0.39 is 0 Å². The van der Waals surface area contributed by atoms with E-state index in [1.54, 1.807) is 0 Å². The van der Waals surface area contributed by atoms with Crippen LogP contribution in [0, 0.1) is 18.8 Å². The number of para-hydroxylation sites is 1. The highest BCUT2D eigenvalue weighted by Gasteiger charge is 2.32. The number of piperidine rings is 1. The lowest BCUT2D eigenvalue weighted by molar-refractivity contribution is -0.127. The molecule has 1 amide bonds. The Hall–Kier alpha value is -3.12. The minimum absolute atomic E-state index is 0.0218. The Kier molecular flexibility index (Phi) is 8.59. The van der Waals surface area contributed by atoms with Gasteiger partial charge in [-0.2, -0.15) is 0 Å². The van der Waals surface area contributed by atoms with Crippen LogP contribution in [0.5, 0.6) is 0 Å². The standard InChI is InChI=1S/C29H38N4O2/c1-4-22-11-13-23(14-12-22)29-32-27(21(3)35-29)19-24-20-30-16-15-26(24)28(34)31-17-18-33(5-2)25-9-7-6-8-10-25/h6-14,24,26,30H,4-5,15-20H2,1-3H3,(H,31,34). The molecule has 2 N–H and O–H groups in total. The molecule has 2 heterocycles. The highest BCUT2D eigenvalue weighted by molar-refractivity contribution is 5.79. The zero-order valence-corrected chi connectivity index (χ0v) is 21.2. The molecule has 1 aromatic heterocycles. The van der Waals surface area contributed by atoms with Crippen molar-refractivity contribution in [2.24, 2.45) is 11.8 Å². The Balaban J connectivity index is 1.37. The van der Waals surface area contributed by atoms with Gasteiger partial charge in [-0.1, -0.05) is 37.3 Å². The van der Waals surface area contributed by atoms with E-state index >= 15 is 0 Å². The fraction of sp³-hybridized carbons (Fsp3) is 0.448. The third kappa shape index (κ3) is 6.31. The Labute approximate surface area is 209 Å². The number of hydrogen-bond donors (Lipinski definition) is 2. The Morgan fingerprint density at radius 2 is 1.91 bits per heavy atom. The van der Waals surface area contributed by atoms with Crippen molar-refractivity contribution in [3.63, 3.8) is 0 Å². The Morgan fingerprint density at radius 1 is 1.14 bits per heavy atom. The van der Waals surface area contributed by atoms with Crippen LogP contribution < -0.4 is 15.5 Å². The molecule has 1 aliphatic rings. The van der Waals surface area contributed by atoms with E-state index in [2.05, 4.69) is 65.8 Å². The molecule has 1 fully saturated rings. The molecule has 2 unspecified atom stereocenters. The highest BCUT2D eigenvalue weighted by atomic mass is 16.4. The van der Waals surface area contributed by atoms with Crippen molar-refractivity contribution in [3.8, 4) is 11.5 Å². The number of rotatable bonds is 10. The molecule has 4 rings (SSSR count). The molecular weight excluding hydrogens is 436 g/mol. The van der Waals surface area contributed by atoms with E-state index in [0.717, 1.165) is 62.5 Å². The van der Waals surface area contributed by atoms with Gasteiger partial charge in [-0.05, 0) is 81.9 Å². The van der Waals surface area contributed by atoms with Gasteiger partial charge in [0, 0.05) is 36.8 Å². The van der Waals surface area contributed by atoms with Gasteiger partial charge in [-0.3, -0.25) is 4.79 Å². The van der Waals surface area contributed by atoms with Crippen LogP contribution in [0.4, 0.5) is 5.69 Å².